The number of carbonyl (C=O) groups is 2. The minimum absolute atomic E-state index is 0.0136. The van der Waals surface area contributed by atoms with E-state index in [1.807, 2.05) is 29.2 Å². The first-order valence-electron chi connectivity index (χ1n) is 11.3. The molecule has 0 aromatic heterocycles. The average molecular weight is 473 g/mol. The number of rotatable bonds is 9. The zero-order valence-electron chi connectivity index (χ0n) is 19.5. The van der Waals surface area contributed by atoms with Crippen LogP contribution in [-0.2, 0) is 14.6 Å². The minimum Gasteiger partial charge on any atom is -0.465 e. The van der Waals surface area contributed by atoms with E-state index >= 15 is 0 Å². The van der Waals surface area contributed by atoms with Crippen LogP contribution in [0.1, 0.15) is 47.4 Å². The highest BCUT2D eigenvalue weighted by Gasteiger charge is 2.34. The first kappa shape index (κ1) is 24.9. The van der Waals surface area contributed by atoms with Crippen LogP contribution in [-0.4, -0.2) is 70.2 Å². The molecule has 7 nitrogen and oxygen atoms in total. The van der Waals surface area contributed by atoms with Crippen molar-refractivity contribution >= 4 is 27.3 Å². The number of ether oxygens (including phenoxy) is 1. The largest absolute Gasteiger partial charge is 0.465 e. The molecule has 0 unspecified atom stereocenters. The summed E-state index contributed by atoms with van der Waals surface area (Å²) in [5.41, 5.74) is 1.81. The molecule has 0 amide bonds. The number of sulfone groups is 1. The molecule has 2 aromatic rings. The second-order valence-electron chi connectivity index (χ2n) is 8.15. The lowest BCUT2D eigenvalue weighted by Gasteiger charge is -2.31. The molecule has 1 aliphatic rings. The third-order valence-corrected chi connectivity index (χ3v) is 8.58. The molecule has 0 saturated carbocycles. The standard InChI is InChI=1S/C25H32N2O5S/c1-4-27(5-2)20-12-10-19(11-13-20)23(28)18-26-16-14-21(15-17-26)33(30,31)24-9-7-6-8-22(24)25(29)32-3/h6-13,21H,4-5,14-18H2,1-3H3. The summed E-state index contributed by atoms with van der Waals surface area (Å²) in [6.45, 7) is 7.29. The molecule has 0 aliphatic carbocycles. The second-order valence-corrected chi connectivity index (χ2v) is 10.3. The molecule has 1 saturated heterocycles. The number of piperidine rings is 1. The van der Waals surface area contributed by atoms with Gasteiger partial charge in [-0.1, -0.05) is 12.1 Å². The number of carbonyl (C=O) groups excluding carboxylic acids is 2. The van der Waals surface area contributed by atoms with Crippen molar-refractivity contribution < 1.29 is 22.7 Å². The van der Waals surface area contributed by atoms with Gasteiger partial charge < -0.3 is 9.64 Å². The highest BCUT2D eigenvalue weighted by molar-refractivity contribution is 7.92. The van der Waals surface area contributed by atoms with Crippen LogP contribution in [0, 0.1) is 0 Å². The van der Waals surface area contributed by atoms with Gasteiger partial charge in [0.15, 0.2) is 15.6 Å². The van der Waals surface area contributed by atoms with E-state index in [-0.39, 0.29) is 22.8 Å². The Morgan fingerprint density at radius 1 is 1.00 bits per heavy atom. The smallest absolute Gasteiger partial charge is 0.339 e. The molecule has 3 rings (SSSR count). The van der Waals surface area contributed by atoms with Crippen LogP contribution in [0.5, 0.6) is 0 Å². The Morgan fingerprint density at radius 3 is 2.18 bits per heavy atom. The molecule has 8 heteroatoms. The Bertz CT molecular complexity index is 1070. The van der Waals surface area contributed by atoms with Crippen LogP contribution in [0.25, 0.3) is 0 Å². The molecule has 33 heavy (non-hydrogen) atoms. The van der Waals surface area contributed by atoms with Crippen LogP contribution >= 0.6 is 0 Å². The summed E-state index contributed by atoms with van der Waals surface area (Å²) in [4.78, 5) is 29.0. The molecule has 0 radical (unpaired) electrons. The Balaban J connectivity index is 1.62. The number of methoxy groups -OCH3 is 1. The number of likely N-dealkylation sites (tertiary alicyclic amines) is 1. The summed E-state index contributed by atoms with van der Waals surface area (Å²) >= 11 is 0. The molecule has 1 aliphatic heterocycles. The van der Waals surface area contributed by atoms with Gasteiger partial charge in [0.25, 0.3) is 0 Å². The zero-order valence-corrected chi connectivity index (χ0v) is 20.3. The Morgan fingerprint density at radius 2 is 1.61 bits per heavy atom. The highest BCUT2D eigenvalue weighted by atomic mass is 32.2. The van der Waals surface area contributed by atoms with Crippen LogP contribution in [0.15, 0.2) is 53.4 Å². The molecule has 1 fully saturated rings. The molecule has 178 valence electrons. The monoisotopic (exact) mass is 472 g/mol. The maximum absolute atomic E-state index is 13.2. The van der Waals surface area contributed by atoms with Crippen molar-refractivity contribution in [3.63, 3.8) is 0 Å². The van der Waals surface area contributed by atoms with E-state index in [9.17, 15) is 18.0 Å². The highest BCUT2D eigenvalue weighted by Crippen LogP contribution is 2.27. The fourth-order valence-corrected chi connectivity index (χ4v) is 6.21. The first-order valence-corrected chi connectivity index (χ1v) is 12.9. The fraction of sp³-hybridized carbons (Fsp3) is 0.440. The van der Waals surface area contributed by atoms with Gasteiger partial charge >= 0.3 is 5.97 Å². The van der Waals surface area contributed by atoms with E-state index in [2.05, 4.69) is 18.7 Å². The topological polar surface area (TPSA) is 84.0 Å². The predicted octanol–water partition coefficient (Wildman–Crippen LogP) is 3.44. The van der Waals surface area contributed by atoms with Gasteiger partial charge in [-0.05, 0) is 76.2 Å². The molecule has 0 bridgehead atoms. The lowest BCUT2D eigenvalue weighted by Crippen LogP contribution is -2.41. The number of Topliss-reactive ketones (excluding diaryl/α,β-unsaturated/α-hetero) is 1. The predicted molar refractivity (Wildman–Crippen MR) is 129 cm³/mol. The molecule has 0 atom stereocenters. The van der Waals surface area contributed by atoms with Crippen LogP contribution in [0.3, 0.4) is 0 Å². The summed E-state index contributed by atoms with van der Waals surface area (Å²) in [7, 11) is -2.45. The maximum atomic E-state index is 13.2. The summed E-state index contributed by atoms with van der Waals surface area (Å²) < 4.78 is 31.2. The van der Waals surface area contributed by atoms with Gasteiger partial charge in [-0.2, -0.15) is 0 Å². The Labute approximate surface area is 196 Å². The maximum Gasteiger partial charge on any atom is 0.339 e. The van der Waals surface area contributed by atoms with Gasteiger partial charge in [0, 0.05) is 24.3 Å². The summed E-state index contributed by atoms with van der Waals surface area (Å²) in [5, 5.41) is -0.594. The van der Waals surface area contributed by atoms with Crippen molar-refractivity contribution in [2.45, 2.75) is 36.8 Å². The van der Waals surface area contributed by atoms with Gasteiger partial charge in [-0.25, -0.2) is 13.2 Å². The Kier molecular flexibility index (Phi) is 8.26. The van der Waals surface area contributed by atoms with Crippen molar-refractivity contribution in [1.29, 1.82) is 0 Å². The average Bonchev–Trinajstić information content (AvgIpc) is 2.85. The van der Waals surface area contributed by atoms with Crippen molar-refractivity contribution in [2.24, 2.45) is 0 Å². The van der Waals surface area contributed by atoms with Crippen molar-refractivity contribution in [2.75, 3.05) is 44.7 Å². The number of nitrogens with zero attached hydrogens (tertiary/aromatic N) is 2. The van der Waals surface area contributed by atoms with Crippen molar-refractivity contribution in [1.82, 2.24) is 4.90 Å². The zero-order chi connectivity index (χ0) is 24.0. The number of ketones is 1. The molecule has 2 aromatic carbocycles. The van der Waals surface area contributed by atoms with Gasteiger partial charge in [0.05, 0.1) is 29.4 Å². The number of benzene rings is 2. The second kappa shape index (κ2) is 10.9. The SMILES string of the molecule is CCN(CC)c1ccc(C(=O)CN2CCC(S(=O)(=O)c3ccccc3C(=O)OC)CC2)cc1. The van der Waals surface area contributed by atoms with Crippen LogP contribution in [0.4, 0.5) is 5.69 Å². The Hall–Kier alpha value is -2.71. The minimum atomic E-state index is -3.69. The van der Waals surface area contributed by atoms with E-state index in [1.54, 1.807) is 12.1 Å². The van der Waals surface area contributed by atoms with Crippen LogP contribution < -0.4 is 4.90 Å². The van der Waals surface area contributed by atoms with Crippen LogP contribution in [0.2, 0.25) is 0 Å². The molecule has 1 heterocycles. The first-order chi connectivity index (χ1) is 15.8. The van der Waals surface area contributed by atoms with Gasteiger partial charge in [0.1, 0.15) is 0 Å². The van der Waals surface area contributed by atoms with Crippen molar-refractivity contribution in [3.05, 3.63) is 59.7 Å². The van der Waals surface area contributed by atoms with Gasteiger partial charge in [0.2, 0.25) is 0 Å². The van der Waals surface area contributed by atoms with Gasteiger partial charge in [-0.3, -0.25) is 9.69 Å². The summed E-state index contributed by atoms with van der Waals surface area (Å²) in [5.74, 6) is -0.636. The molecular weight excluding hydrogens is 440 g/mol. The van der Waals surface area contributed by atoms with E-state index in [4.69, 9.17) is 4.74 Å². The van der Waals surface area contributed by atoms with E-state index in [1.165, 1.54) is 19.2 Å². The number of hydrogen-bond acceptors (Lipinski definition) is 7. The third kappa shape index (κ3) is 5.62. The lowest BCUT2D eigenvalue weighted by atomic mass is 10.1. The third-order valence-electron chi connectivity index (χ3n) is 6.26. The molecular formula is C25H32N2O5S. The van der Waals surface area contributed by atoms with E-state index < -0.39 is 21.1 Å². The summed E-state index contributed by atoms with van der Waals surface area (Å²) in [6.07, 6.45) is 0.817. The normalized spacial score (nSPS) is 15.2. The van der Waals surface area contributed by atoms with E-state index in [0.29, 0.717) is 31.5 Å². The quantitative estimate of drug-likeness (QED) is 0.408. The molecule has 0 spiro atoms. The lowest BCUT2D eigenvalue weighted by molar-refractivity contribution is 0.0596. The fourth-order valence-electron chi connectivity index (χ4n) is 4.29. The van der Waals surface area contributed by atoms with Gasteiger partial charge in [-0.15, -0.1) is 0 Å². The van der Waals surface area contributed by atoms with E-state index in [0.717, 1.165) is 18.8 Å². The number of esters is 1. The number of hydrogen-bond donors (Lipinski definition) is 0. The summed E-state index contributed by atoms with van der Waals surface area (Å²) in [6, 6.07) is 13.8. The van der Waals surface area contributed by atoms with Crippen molar-refractivity contribution in [3.8, 4) is 0 Å². The number of anilines is 1. The molecule has 0 N–H and O–H groups in total.